The molecule has 0 radical (unpaired) electrons. The average Bonchev–Trinajstić information content (AvgIpc) is 2.64. The lowest BCUT2D eigenvalue weighted by molar-refractivity contribution is -0.156. The van der Waals surface area contributed by atoms with Crippen LogP contribution in [0.15, 0.2) is 0 Å². The van der Waals surface area contributed by atoms with Crippen LogP contribution in [0.1, 0.15) is 32.1 Å². The average molecular weight is 449 g/mol. The number of nitrogens with one attached hydrogen (secondary N) is 2. The lowest BCUT2D eigenvalue weighted by Gasteiger charge is -2.23. The third-order valence-electron chi connectivity index (χ3n) is 3.97. The molecule has 3 atom stereocenters. The highest BCUT2D eigenvalue weighted by molar-refractivity contribution is 5.96. The molecule has 0 saturated carbocycles. The first-order chi connectivity index (χ1) is 14.3. The molecule has 0 aliphatic carbocycles. The molecular formula is C16H23N3O12. The number of hydrogen-bond donors (Lipinski definition) is 8. The van der Waals surface area contributed by atoms with Gasteiger partial charge in [-0.3, -0.25) is 28.8 Å². The number of hydrogen-bond acceptors (Lipinski definition) is 8. The molecule has 0 aliphatic rings. The van der Waals surface area contributed by atoms with Gasteiger partial charge in [-0.05, 0) is 12.8 Å². The third kappa shape index (κ3) is 10.6. The van der Waals surface area contributed by atoms with Crippen LogP contribution in [0.4, 0.5) is 0 Å². The minimum atomic E-state index is -2.16. The van der Waals surface area contributed by atoms with Crippen molar-refractivity contribution < 1.29 is 59.1 Å². The molecule has 0 heterocycles. The van der Waals surface area contributed by atoms with Gasteiger partial charge in [-0.1, -0.05) is 0 Å². The molecule has 3 unspecified atom stereocenters. The Balaban J connectivity index is 5.54. The van der Waals surface area contributed by atoms with Gasteiger partial charge in [0, 0.05) is 19.3 Å². The number of carboxylic acids is 5. The monoisotopic (exact) mass is 449 g/mol. The van der Waals surface area contributed by atoms with Gasteiger partial charge in [0.2, 0.25) is 11.8 Å². The van der Waals surface area contributed by atoms with Crippen LogP contribution in [0, 0.1) is 5.92 Å². The molecule has 0 rings (SSSR count). The smallest absolute Gasteiger partial charge is 0.326 e. The molecule has 174 valence electrons. The summed E-state index contributed by atoms with van der Waals surface area (Å²) < 4.78 is 0. The van der Waals surface area contributed by atoms with Gasteiger partial charge < -0.3 is 41.9 Å². The number of carbonyl (C=O) groups excluding carboxylic acids is 2. The van der Waals surface area contributed by atoms with E-state index < -0.39 is 91.4 Å². The fraction of sp³-hybridized carbons (Fsp3) is 0.562. The van der Waals surface area contributed by atoms with Crippen molar-refractivity contribution in [2.75, 3.05) is 0 Å². The standard InChI is InChI=1S/C16H23N3O12/c17-7(1-3-10(20)21)12(24)19-9(5-6(14(26)27)15(28)29)13(25)18-8(16(30)31)2-4-11(22)23/h6-9H,1-5,17H2,(H,18,25)(H,19,24)(H,20,21)(H,22,23)(H,26,27)(H,28,29)(H,30,31). The predicted octanol–water partition coefficient (Wildman–Crippen LogP) is -2.73. The van der Waals surface area contributed by atoms with E-state index in [1.54, 1.807) is 0 Å². The van der Waals surface area contributed by atoms with Crippen LogP contribution in [0.2, 0.25) is 0 Å². The highest BCUT2D eigenvalue weighted by Gasteiger charge is 2.35. The molecule has 0 aromatic rings. The Morgan fingerprint density at radius 3 is 1.52 bits per heavy atom. The quantitative estimate of drug-likeness (QED) is 0.118. The molecule has 0 fully saturated rings. The highest BCUT2D eigenvalue weighted by atomic mass is 16.4. The van der Waals surface area contributed by atoms with Crippen molar-refractivity contribution in [3.63, 3.8) is 0 Å². The molecule has 0 saturated heterocycles. The second-order valence-electron chi connectivity index (χ2n) is 6.40. The van der Waals surface area contributed by atoms with Gasteiger partial charge in [-0.15, -0.1) is 0 Å². The van der Waals surface area contributed by atoms with Crippen molar-refractivity contribution in [3.05, 3.63) is 0 Å². The Hall–Kier alpha value is -3.75. The summed E-state index contributed by atoms with van der Waals surface area (Å²) >= 11 is 0. The zero-order valence-corrected chi connectivity index (χ0v) is 16.0. The largest absolute Gasteiger partial charge is 0.481 e. The minimum absolute atomic E-state index is 0.354. The summed E-state index contributed by atoms with van der Waals surface area (Å²) in [5.41, 5.74) is 5.50. The number of nitrogens with two attached hydrogens (primary N) is 1. The van der Waals surface area contributed by atoms with Crippen LogP contribution in [0.25, 0.3) is 0 Å². The van der Waals surface area contributed by atoms with Gasteiger partial charge in [0.05, 0.1) is 6.04 Å². The Kier molecular flexibility index (Phi) is 11.2. The fourth-order valence-corrected chi connectivity index (χ4v) is 2.26. The summed E-state index contributed by atoms with van der Waals surface area (Å²) in [5, 5.41) is 48.3. The molecule has 15 nitrogen and oxygen atoms in total. The first-order valence-corrected chi connectivity index (χ1v) is 8.74. The van der Waals surface area contributed by atoms with Crippen LogP contribution < -0.4 is 16.4 Å². The van der Waals surface area contributed by atoms with E-state index in [9.17, 15) is 33.6 Å². The van der Waals surface area contributed by atoms with E-state index >= 15 is 0 Å². The van der Waals surface area contributed by atoms with Crippen molar-refractivity contribution in [2.45, 2.75) is 50.2 Å². The molecule has 0 bridgehead atoms. The van der Waals surface area contributed by atoms with E-state index in [1.807, 2.05) is 10.6 Å². The van der Waals surface area contributed by atoms with Gasteiger partial charge in [0.15, 0.2) is 5.92 Å². The van der Waals surface area contributed by atoms with Crippen LogP contribution in [0.3, 0.4) is 0 Å². The van der Waals surface area contributed by atoms with Crippen LogP contribution >= 0.6 is 0 Å². The normalized spacial score (nSPS) is 13.5. The SMILES string of the molecule is NC(CCC(=O)O)C(=O)NC(CC(C(=O)O)C(=O)O)C(=O)NC(CCC(=O)O)C(=O)O. The van der Waals surface area contributed by atoms with Gasteiger partial charge in [0.25, 0.3) is 0 Å². The molecule has 31 heavy (non-hydrogen) atoms. The first kappa shape index (κ1) is 27.2. The summed E-state index contributed by atoms with van der Waals surface area (Å²) in [4.78, 5) is 79.3. The van der Waals surface area contributed by atoms with E-state index in [0.29, 0.717) is 0 Å². The van der Waals surface area contributed by atoms with Crippen LogP contribution in [-0.2, 0) is 33.6 Å². The van der Waals surface area contributed by atoms with E-state index in [4.69, 9.17) is 31.3 Å². The van der Waals surface area contributed by atoms with Crippen molar-refractivity contribution in [1.29, 1.82) is 0 Å². The number of carboxylic acid groups (broad SMARTS) is 5. The summed E-state index contributed by atoms with van der Waals surface area (Å²) in [6.45, 7) is 0. The first-order valence-electron chi connectivity index (χ1n) is 8.74. The van der Waals surface area contributed by atoms with Gasteiger partial charge in [-0.25, -0.2) is 4.79 Å². The highest BCUT2D eigenvalue weighted by Crippen LogP contribution is 2.10. The molecule has 15 heteroatoms. The third-order valence-corrected chi connectivity index (χ3v) is 3.97. The number of carbonyl (C=O) groups is 7. The molecule has 0 aliphatic heterocycles. The van der Waals surface area contributed by atoms with Crippen LogP contribution in [-0.4, -0.2) is 85.3 Å². The number of aliphatic carboxylic acids is 5. The summed E-state index contributed by atoms with van der Waals surface area (Å²) in [6, 6.07) is -5.04. The Morgan fingerprint density at radius 1 is 0.645 bits per heavy atom. The summed E-state index contributed by atoms with van der Waals surface area (Å²) in [6.07, 6.45) is -3.03. The summed E-state index contributed by atoms with van der Waals surface area (Å²) in [7, 11) is 0. The Labute approximate surface area is 174 Å². The molecule has 0 aromatic heterocycles. The van der Waals surface area contributed by atoms with Crippen molar-refractivity contribution >= 4 is 41.7 Å². The van der Waals surface area contributed by atoms with Crippen molar-refractivity contribution in [2.24, 2.45) is 11.7 Å². The maximum absolute atomic E-state index is 12.5. The lowest BCUT2D eigenvalue weighted by Crippen LogP contribution is -2.55. The second-order valence-corrected chi connectivity index (χ2v) is 6.40. The minimum Gasteiger partial charge on any atom is -0.481 e. The molecule has 9 N–H and O–H groups in total. The van der Waals surface area contributed by atoms with Crippen molar-refractivity contribution in [1.82, 2.24) is 10.6 Å². The maximum atomic E-state index is 12.5. The van der Waals surface area contributed by atoms with E-state index in [1.165, 1.54) is 0 Å². The topological polar surface area (TPSA) is 271 Å². The van der Waals surface area contributed by atoms with Crippen LogP contribution in [0.5, 0.6) is 0 Å². The van der Waals surface area contributed by atoms with E-state index in [-0.39, 0.29) is 6.42 Å². The predicted molar refractivity (Wildman–Crippen MR) is 96.6 cm³/mol. The van der Waals surface area contributed by atoms with E-state index in [0.717, 1.165) is 0 Å². The van der Waals surface area contributed by atoms with Crippen molar-refractivity contribution in [3.8, 4) is 0 Å². The lowest BCUT2D eigenvalue weighted by atomic mass is 9.98. The van der Waals surface area contributed by atoms with Gasteiger partial charge in [-0.2, -0.15) is 0 Å². The summed E-state index contributed by atoms with van der Waals surface area (Å²) in [5.74, 6) is -12.5. The zero-order chi connectivity index (χ0) is 24.3. The fourth-order valence-electron chi connectivity index (χ4n) is 2.26. The molecule has 0 aromatic carbocycles. The second kappa shape index (κ2) is 12.7. The van der Waals surface area contributed by atoms with Gasteiger partial charge >= 0.3 is 29.8 Å². The maximum Gasteiger partial charge on any atom is 0.326 e. The van der Waals surface area contributed by atoms with Gasteiger partial charge in [0.1, 0.15) is 12.1 Å². The molecule has 0 spiro atoms. The Bertz CT molecular complexity index is 723. The Morgan fingerprint density at radius 2 is 1.10 bits per heavy atom. The molecule has 2 amide bonds. The molecular weight excluding hydrogens is 426 g/mol. The number of rotatable bonds is 15. The number of amides is 2. The van der Waals surface area contributed by atoms with E-state index in [2.05, 4.69) is 0 Å². The zero-order valence-electron chi connectivity index (χ0n) is 16.0.